The number of nitrogens with one attached hydrogen (secondary N) is 1. The van der Waals surface area contributed by atoms with Crippen LogP contribution in [0.3, 0.4) is 0 Å². The van der Waals surface area contributed by atoms with Crippen LogP contribution in [-0.2, 0) is 11.2 Å². The standard InChI is InChI=1S/C15H23N5O2/c1-10(16)19-20-14(17)12-6-4-11(5-7-12)8-13(21)18-9-15(2,3)22/h4-7,22H,8-9H2,1-3H3,(H2,16,19)(H2,17,20)(H,18,21). The number of rotatable bonds is 6. The smallest absolute Gasteiger partial charge is 0.224 e. The van der Waals surface area contributed by atoms with E-state index in [1.165, 1.54) is 0 Å². The van der Waals surface area contributed by atoms with E-state index in [4.69, 9.17) is 11.5 Å². The lowest BCUT2D eigenvalue weighted by Gasteiger charge is -2.17. The van der Waals surface area contributed by atoms with Crippen LogP contribution >= 0.6 is 0 Å². The fourth-order valence-corrected chi connectivity index (χ4v) is 1.55. The summed E-state index contributed by atoms with van der Waals surface area (Å²) < 4.78 is 0. The molecule has 0 heterocycles. The third kappa shape index (κ3) is 6.85. The fourth-order valence-electron chi connectivity index (χ4n) is 1.55. The van der Waals surface area contributed by atoms with Gasteiger partial charge in [0.25, 0.3) is 0 Å². The summed E-state index contributed by atoms with van der Waals surface area (Å²) in [6, 6.07) is 7.11. The van der Waals surface area contributed by atoms with Crippen LogP contribution in [0.2, 0.25) is 0 Å². The number of hydrogen-bond donors (Lipinski definition) is 4. The van der Waals surface area contributed by atoms with Crippen molar-refractivity contribution in [3.8, 4) is 0 Å². The highest BCUT2D eigenvalue weighted by Crippen LogP contribution is 2.06. The molecule has 0 bridgehead atoms. The van der Waals surface area contributed by atoms with Gasteiger partial charge >= 0.3 is 0 Å². The zero-order chi connectivity index (χ0) is 16.8. The summed E-state index contributed by atoms with van der Waals surface area (Å²) >= 11 is 0. The number of amidine groups is 2. The van der Waals surface area contributed by atoms with Gasteiger partial charge in [-0.2, -0.15) is 0 Å². The molecule has 0 saturated carbocycles. The summed E-state index contributed by atoms with van der Waals surface area (Å²) in [5, 5.41) is 19.7. The molecule has 0 atom stereocenters. The topological polar surface area (TPSA) is 126 Å². The highest BCUT2D eigenvalue weighted by atomic mass is 16.3. The van der Waals surface area contributed by atoms with Crippen molar-refractivity contribution < 1.29 is 9.90 Å². The maximum absolute atomic E-state index is 11.8. The lowest BCUT2D eigenvalue weighted by molar-refractivity contribution is -0.121. The van der Waals surface area contributed by atoms with Crippen LogP contribution in [0.5, 0.6) is 0 Å². The van der Waals surface area contributed by atoms with Gasteiger partial charge in [0.05, 0.1) is 12.0 Å². The molecule has 1 aromatic rings. The average molecular weight is 305 g/mol. The first-order valence-corrected chi connectivity index (χ1v) is 6.89. The first kappa shape index (κ1) is 17.6. The van der Waals surface area contributed by atoms with Gasteiger partial charge < -0.3 is 21.9 Å². The van der Waals surface area contributed by atoms with Gasteiger partial charge in [0.1, 0.15) is 5.84 Å². The molecule has 0 radical (unpaired) electrons. The Morgan fingerprint density at radius 1 is 1.23 bits per heavy atom. The molecule has 1 aromatic carbocycles. The lowest BCUT2D eigenvalue weighted by Crippen LogP contribution is -2.38. The molecule has 1 rings (SSSR count). The van der Waals surface area contributed by atoms with Gasteiger partial charge in [-0.05, 0) is 26.3 Å². The third-order valence-corrected chi connectivity index (χ3v) is 2.65. The van der Waals surface area contributed by atoms with E-state index >= 15 is 0 Å². The van der Waals surface area contributed by atoms with Crippen molar-refractivity contribution in [1.82, 2.24) is 5.32 Å². The van der Waals surface area contributed by atoms with Gasteiger partial charge in [-0.15, -0.1) is 10.2 Å². The van der Waals surface area contributed by atoms with E-state index in [0.29, 0.717) is 11.4 Å². The molecule has 0 aliphatic rings. The predicted octanol–water partition coefficient (Wildman–Crippen LogP) is 0.114. The molecule has 6 N–H and O–H groups in total. The molecule has 0 saturated heterocycles. The molecule has 0 aliphatic heterocycles. The van der Waals surface area contributed by atoms with Crippen molar-refractivity contribution in [3.63, 3.8) is 0 Å². The summed E-state index contributed by atoms with van der Waals surface area (Å²) in [6.07, 6.45) is 0.230. The number of hydrogen-bond acceptors (Lipinski definition) is 4. The SMILES string of the molecule is C/C(N)=N/N=C(\N)c1ccc(CC(=O)NCC(C)(C)O)cc1. The van der Waals surface area contributed by atoms with Crippen molar-refractivity contribution in [1.29, 1.82) is 0 Å². The maximum Gasteiger partial charge on any atom is 0.224 e. The average Bonchev–Trinajstić information content (AvgIpc) is 2.42. The Morgan fingerprint density at radius 3 is 2.32 bits per heavy atom. The molecule has 120 valence electrons. The molecular formula is C15H23N5O2. The number of carbonyl (C=O) groups is 1. The Labute approximate surface area is 130 Å². The summed E-state index contributed by atoms with van der Waals surface area (Å²) in [5.74, 6) is 0.422. The second-order valence-electron chi connectivity index (χ2n) is 5.69. The molecule has 0 fully saturated rings. The van der Waals surface area contributed by atoms with E-state index in [0.717, 1.165) is 5.56 Å². The Kier molecular flexibility index (Phi) is 6.06. The second-order valence-corrected chi connectivity index (χ2v) is 5.69. The quantitative estimate of drug-likeness (QED) is 0.338. The molecule has 0 aliphatic carbocycles. The number of nitrogens with two attached hydrogens (primary N) is 2. The molecule has 0 spiro atoms. The van der Waals surface area contributed by atoms with Crippen molar-refractivity contribution in [3.05, 3.63) is 35.4 Å². The fraction of sp³-hybridized carbons (Fsp3) is 0.400. The molecule has 7 nitrogen and oxygen atoms in total. The molecule has 7 heteroatoms. The van der Waals surface area contributed by atoms with E-state index in [-0.39, 0.29) is 24.7 Å². The molecule has 0 unspecified atom stereocenters. The first-order valence-electron chi connectivity index (χ1n) is 6.89. The Bertz CT molecular complexity index is 567. The summed E-state index contributed by atoms with van der Waals surface area (Å²) in [6.45, 7) is 5.09. The van der Waals surface area contributed by atoms with Crippen molar-refractivity contribution >= 4 is 17.6 Å². The number of benzene rings is 1. The van der Waals surface area contributed by atoms with E-state index in [2.05, 4.69) is 15.5 Å². The minimum atomic E-state index is -0.925. The highest BCUT2D eigenvalue weighted by Gasteiger charge is 2.14. The number of carbonyl (C=O) groups excluding carboxylic acids is 1. The second kappa shape index (κ2) is 7.56. The monoisotopic (exact) mass is 305 g/mol. The van der Waals surface area contributed by atoms with Gasteiger partial charge in [0.15, 0.2) is 5.84 Å². The number of aliphatic hydroxyl groups is 1. The van der Waals surface area contributed by atoms with Crippen LogP contribution in [0.25, 0.3) is 0 Å². The minimum absolute atomic E-state index is 0.153. The van der Waals surface area contributed by atoms with Crippen molar-refractivity contribution in [2.75, 3.05) is 6.54 Å². The van der Waals surface area contributed by atoms with Crippen LogP contribution in [0.1, 0.15) is 31.9 Å². The van der Waals surface area contributed by atoms with Gasteiger partial charge in [-0.3, -0.25) is 4.79 Å². The van der Waals surface area contributed by atoms with Crippen LogP contribution in [-0.4, -0.2) is 34.8 Å². The third-order valence-electron chi connectivity index (χ3n) is 2.65. The van der Waals surface area contributed by atoms with Crippen LogP contribution < -0.4 is 16.8 Å². The minimum Gasteiger partial charge on any atom is -0.389 e. The lowest BCUT2D eigenvalue weighted by atomic mass is 10.1. The van der Waals surface area contributed by atoms with E-state index in [9.17, 15) is 9.90 Å². The largest absolute Gasteiger partial charge is 0.389 e. The van der Waals surface area contributed by atoms with Gasteiger partial charge in [0, 0.05) is 12.1 Å². The summed E-state index contributed by atoms with van der Waals surface area (Å²) in [4.78, 5) is 11.8. The zero-order valence-corrected chi connectivity index (χ0v) is 13.1. The normalized spacial score (nSPS) is 13.1. The maximum atomic E-state index is 11.8. The van der Waals surface area contributed by atoms with Crippen LogP contribution in [0, 0.1) is 0 Å². The van der Waals surface area contributed by atoms with E-state index < -0.39 is 5.60 Å². The zero-order valence-electron chi connectivity index (χ0n) is 13.1. The van der Waals surface area contributed by atoms with Crippen LogP contribution in [0.4, 0.5) is 0 Å². The molecule has 22 heavy (non-hydrogen) atoms. The summed E-state index contributed by atoms with van der Waals surface area (Å²) in [5.41, 5.74) is 11.8. The number of nitrogens with zero attached hydrogens (tertiary/aromatic N) is 2. The Balaban J connectivity index is 2.64. The van der Waals surface area contributed by atoms with Crippen molar-refractivity contribution in [2.45, 2.75) is 32.8 Å². The predicted molar refractivity (Wildman–Crippen MR) is 87.5 cm³/mol. The van der Waals surface area contributed by atoms with Gasteiger partial charge in [-0.1, -0.05) is 24.3 Å². The number of amides is 1. The van der Waals surface area contributed by atoms with E-state index in [1.54, 1.807) is 45.0 Å². The molecule has 1 amide bonds. The first-order chi connectivity index (χ1) is 10.2. The highest BCUT2D eigenvalue weighted by molar-refractivity contribution is 5.97. The van der Waals surface area contributed by atoms with E-state index in [1.807, 2.05) is 0 Å². The molecule has 0 aromatic heterocycles. The Morgan fingerprint density at radius 2 is 1.82 bits per heavy atom. The van der Waals surface area contributed by atoms with Gasteiger partial charge in [-0.25, -0.2) is 0 Å². The molecular weight excluding hydrogens is 282 g/mol. The van der Waals surface area contributed by atoms with Gasteiger partial charge in [0.2, 0.25) is 5.91 Å². The summed E-state index contributed by atoms with van der Waals surface area (Å²) in [7, 11) is 0. The van der Waals surface area contributed by atoms with Crippen molar-refractivity contribution in [2.24, 2.45) is 21.7 Å². The van der Waals surface area contributed by atoms with Crippen LogP contribution in [0.15, 0.2) is 34.5 Å². The Hall–Kier alpha value is -2.41.